The van der Waals surface area contributed by atoms with Gasteiger partial charge in [-0.15, -0.1) is 0 Å². The molecule has 0 bridgehead atoms. The summed E-state index contributed by atoms with van der Waals surface area (Å²) >= 11 is 0. The van der Waals surface area contributed by atoms with Gasteiger partial charge in [0.05, 0.1) is 0 Å². The number of nitrogens with one attached hydrogen (secondary N) is 1. The number of hydrogen-bond acceptors (Lipinski definition) is 1. The van der Waals surface area contributed by atoms with Crippen LogP contribution in [0.4, 0.5) is 0 Å². The SMILES string of the molecule is CCCNC(CC(C)CCC)C1CCc2ccccc21. The van der Waals surface area contributed by atoms with E-state index in [1.165, 1.54) is 38.5 Å². The first-order chi connectivity index (χ1) is 9.76. The molecule has 0 spiro atoms. The van der Waals surface area contributed by atoms with Crippen LogP contribution in [0.25, 0.3) is 0 Å². The number of hydrogen-bond donors (Lipinski definition) is 1. The van der Waals surface area contributed by atoms with Gasteiger partial charge in [-0.3, -0.25) is 0 Å². The van der Waals surface area contributed by atoms with Crippen LogP contribution >= 0.6 is 0 Å². The van der Waals surface area contributed by atoms with Gasteiger partial charge in [-0.25, -0.2) is 0 Å². The van der Waals surface area contributed by atoms with Crippen LogP contribution in [-0.4, -0.2) is 12.6 Å². The van der Waals surface area contributed by atoms with Gasteiger partial charge in [0.1, 0.15) is 0 Å². The average Bonchev–Trinajstić information content (AvgIpc) is 2.87. The number of fused-ring (bicyclic) bond motifs is 1. The van der Waals surface area contributed by atoms with Crippen LogP contribution in [0.15, 0.2) is 24.3 Å². The van der Waals surface area contributed by atoms with Gasteiger partial charge in [0, 0.05) is 6.04 Å². The van der Waals surface area contributed by atoms with Crippen molar-refractivity contribution in [3.05, 3.63) is 35.4 Å². The molecule has 3 atom stereocenters. The van der Waals surface area contributed by atoms with Crippen molar-refractivity contribution >= 4 is 0 Å². The van der Waals surface area contributed by atoms with E-state index in [1.807, 2.05) is 0 Å². The molecule has 1 nitrogen and oxygen atoms in total. The van der Waals surface area contributed by atoms with Crippen LogP contribution in [0, 0.1) is 5.92 Å². The molecule has 1 aliphatic carbocycles. The molecule has 0 saturated carbocycles. The molecule has 0 saturated heterocycles. The minimum Gasteiger partial charge on any atom is -0.313 e. The van der Waals surface area contributed by atoms with Crippen molar-refractivity contribution in [1.29, 1.82) is 0 Å². The van der Waals surface area contributed by atoms with Gasteiger partial charge in [0.25, 0.3) is 0 Å². The average molecular weight is 273 g/mol. The zero-order chi connectivity index (χ0) is 14.4. The second-order valence-electron chi connectivity index (χ2n) is 6.53. The molecule has 0 radical (unpaired) electrons. The van der Waals surface area contributed by atoms with Crippen molar-refractivity contribution in [2.45, 2.75) is 71.3 Å². The Bertz CT molecular complexity index is 399. The number of benzene rings is 1. The zero-order valence-electron chi connectivity index (χ0n) is 13.5. The van der Waals surface area contributed by atoms with Crippen LogP contribution in [0.2, 0.25) is 0 Å². The lowest BCUT2D eigenvalue weighted by Crippen LogP contribution is -2.36. The third-order valence-electron chi connectivity index (χ3n) is 4.76. The van der Waals surface area contributed by atoms with Gasteiger partial charge in [0.2, 0.25) is 0 Å². The standard InChI is InChI=1S/C19H31N/c1-4-8-15(3)14-19(20-13-5-2)18-12-11-16-9-6-7-10-17(16)18/h6-7,9-10,15,18-20H,4-5,8,11-14H2,1-3H3. The molecular formula is C19H31N. The summed E-state index contributed by atoms with van der Waals surface area (Å²) in [5, 5.41) is 3.84. The highest BCUT2D eigenvalue weighted by molar-refractivity contribution is 5.36. The minimum absolute atomic E-state index is 0.667. The smallest absolute Gasteiger partial charge is 0.0138 e. The van der Waals surface area contributed by atoms with E-state index in [1.54, 1.807) is 11.1 Å². The maximum absolute atomic E-state index is 3.84. The van der Waals surface area contributed by atoms with Gasteiger partial charge in [-0.05, 0) is 55.2 Å². The van der Waals surface area contributed by atoms with E-state index >= 15 is 0 Å². The highest BCUT2D eigenvalue weighted by atomic mass is 14.9. The summed E-state index contributed by atoms with van der Waals surface area (Å²) in [6.45, 7) is 8.14. The van der Waals surface area contributed by atoms with E-state index in [0.717, 1.165) is 18.4 Å². The van der Waals surface area contributed by atoms with Crippen LogP contribution in [0.5, 0.6) is 0 Å². The van der Waals surface area contributed by atoms with Crippen molar-refractivity contribution in [3.63, 3.8) is 0 Å². The molecular weight excluding hydrogens is 242 g/mol. The Balaban J connectivity index is 2.07. The maximum atomic E-state index is 3.84. The highest BCUT2D eigenvalue weighted by Gasteiger charge is 2.29. The molecule has 0 amide bonds. The lowest BCUT2D eigenvalue weighted by atomic mass is 9.86. The predicted molar refractivity (Wildman–Crippen MR) is 88.3 cm³/mol. The topological polar surface area (TPSA) is 12.0 Å². The monoisotopic (exact) mass is 273 g/mol. The number of aryl methyl sites for hydroxylation is 1. The van der Waals surface area contributed by atoms with E-state index in [0.29, 0.717) is 6.04 Å². The summed E-state index contributed by atoms with van der Waals surface area (Å²) in [7, 11) is 0. The van der Waals surface area contributed by atoms with E-state index < -0.39 is 0 Å². The molecule has 1 heteroatoms. The third kappa shape index (κ3) is 3.85. The van der Waals surface area contributed by atoms with Gasteiger partial charge >= 0.3 is 0 Å². The van der Waals surface area contributed by atoms with Crippen molar-refractivity contribution < 1.29 is 0 Å². The van der Waals surface area contributed by atoms with Gasteiger partial charge < -0.3 is 5.32 Å². The third-order valence-corrected chi connectivity index (χ3v) is 4.76. The molecule has 1 aromatic rings. The Labute approximate surface area is 125 Å². The van der Waals surface area contributed by atoms with Crippen LogP contribution in [0.3, 0.4) is 0 Å². The largest absolute Gasteiger partial charge is 0.313 e. The second-order valence-corrected chi connectivity index (χ2v) is 6.53. The summed E-state index contributed by atoms with van der Waals surface area (Å²) < 4.78 is 0. The van der Waals surface area contributed by atoms with E-state index in [4.69, 9.17) is 0 Å². The van der Waals surface area contributed by atoms with Gasteiger partial charge in [-0.2, -0.15) is 0 Å². The Morgan fingerprint density at radius 1 is 1.20 bits per heavy atom. The maximum Gasteiger partial charge on any atom is 0.0138 e. The quantitative estimate of drug-likeness (QED) is 0.709. The molecule has 1 N–H and O–H groups in total. The van der Waals surface area contributed by atoms with E-state index in [9.17, 15) is 0 Å². The molecule has 1 aliphatic rings. The van der Waals surface area contributed by atoms with Crippen LogP contribution < -0.4 is 5.32 Å². The summed E-state index contributed by atoms with van der Waals surface area (Å²) in [6.07, 6.45) is 7.83. The van der Waals surface area contributed by atoms with Gasteiger partial charge in [0.15, 0.2) is 0 Å². The van der Waals surface area contributed by atoms with Crippen molar-refractivity contribution in [1.82, 2.24) is 5.32 Å². The predicted octanol–water partition coefficient (Wildman–Crippen LogP) is 4.91. The second kappa shape index (κ2) is 7.83. The summed E-state index contributed by atoms with van der Waals surface area (Å²) in [5.41, 5.74) is 3.20. The molecule has 112 valence electrons. The fourth-order valence-corrected chi connectivity index (χ4v) is 3.77. The van der Waals surface area contributed by atoms with E-state index in [-0.39, 0.29) is 0 Å². The molecule has 0 fully saturated rings. The summed E-state index contributed by atoms with van der Waals surface area (Å²) in [6, 6.07) is 9.75. The Hall–Kier alpha value is -0.820. The Morgan fingerprint density at radius 2 is 2.00 bits per heavy atom. The summed E-state index contributed by atoms with van der Waals surface area (Å²) in [5.74, 6) is 1.57. The lowest BCUT2D eigenvalue weighted by Gasteiger charge is -2.28. The Morgan fingerprint density at radius 3 is 2.75 bits per heavy atom. The Kier molecular flexibility index (Phi) is 6.09. The first-order valence-corrected chi connectivity index (χ1v) is 8.57. The van der Waals surface area contributed by atoms with Crippen LogP contribution in [-0.2, 0) is 6.42 Å². The molecule has 20 heavy (non-hydrogen) atoms. The van der Waals surface area contributed by atoms with Crippen molar-refractivity contribution in [2.24, 2.45) is 5.92 Å². The molecule has 2 rings (SSSR count). The fraction of sp³-hybridized carbons (Fsp3) is 0.684. The molecule has 1 aromatic carbocycles. The summed E-state index contributed by atoms with van der Waals surface area (Å²) in [4.78, 5) is 0. The highest BCUT2D eigenvalue weighted by Crippen LogP contribution is 2.37. The van der Waals surface area contributed by atoms with Gasteiger partial charge in [-0.1, -0.05) is 57.9 Å². The first-order valence-electron chi connectivity index (χ1n) is 8.57. The first kappa shape index (κ1) is 15.6. The van der Waals surface area contributed by atoms with Crippen LogP contribution in [0.1, 0.15) is 69.9 Å². The molecule has 0 heterocycles. The van der Waals surface area contributed by atoms with Crippen molar-refractivity contribution in [3.8, 4) is 0 Å². The minimum atomic E-state index is 0.667. The lowest BCUT2D eigenvalue weighted by molar-refractivity contribution is 0.339. The molecule has 3 unspecified atom stereocenters. The normalized spacial score (nSPS) is 20.6. The fourth-order valence-electron chi connectivity index (χ4n) is 3.77. The molecule has 0 aromatic heterocycles. The number of rotatable bonds is 8. The molecule has 0 aliphatic heterocycles. The zero-order valence-corrected chi connectivity index (χ0v) is 13.5. The van der Waals surface area contributed by atoms with E-state index in [2.05, 4.69) is 50.4 Å². The van der Waals surface area contributed by atoms with Crippen molar-refractivity contribution in [2.75, 3.05) is 6.54 Å².